The molecule has 86 valence electrons. The zero-order valence-electron chi connectivity index (χ0n) is 8.82. The lowest BCUT2D eigenvalue weighted by atomic mass is 10.1. The fourth-order valence-electron chi connectivity index (χ4n) is 1.65. The first kappa shape index (κ1) is 11.0. The highest BCUT2D eigenvalue weighted by molar-refractivity contribution is 7.88. The van der Waals surface area contributed by atoms with Crippen LogP contribution < -0.4 is 16.0 Å². The van der Waals surface area contributed by atoms with Gasteiger partial charge in [-0.25, -0.2) is 8.42 Å². The van der Waals surface area contributed by atoms with E-state index in [1.54, 1.807) is 0 Å². The monoisotopic (exact) mass is 239 g/mol. The largest absolute Gasteiger partial charge is 0.397 e. The third kappa shape index (κ3) is 2.17. The first-order valence-corrected chi connectivity index (χ1v) is 6.66. The van der Waals surface area contributed by atoms with E-state index in [1.807, 2.05) is 24.3 Å². The van der Waals surface area contributed by atoms with E-state index >= 15 is 0 Å². The molecule has 0 amide bonds. The molecular weight excluding hydrogens is 226 g/mol. The molecule has 0 saturated heterocycles. The SMILES string of the molecule is CS(=O)(=O)NNC1=C(N)c2ccccc2C1. The van der Waals surface area contributed by atoms with Gasteiger partial charge in [0, 0.05) is 12.0 Å². The summed E-state index contributed by atoms with van der Waals surface area (Å²) in [6.45, 7) is 0. The lowest BCUT2D eigenvalue weighted by Gasteiger charge is -2.07. The highest BCUT2D eigenvalue weighted by Crippen LogP contribution is 2.27. The Hall–Kier alpha value is -1.53. The second-order valence-electron chi connectivity index (χ2n) is 3.73. The Morgan fingerprint density at radius 2 is 2.00 bits per heavy atom. The Kier molecular flexibility index (Phi) is 2.61. The third-order valence-corrected chi connectivity index (χ3v) is 2.86. The van der Waals surface area contributed by atoms with E-state index in [2.05, 4.69) is 10.3 Å². The van der Waals surface area contributed by atoms with Crippen LogP contribution in [0.5, 0.6) is 0 Å². The van der Waals surface area contributed by atoms with Crippen molar-refractivity contribution < 1.29 is 8.42 Å². The van der Waals surface area contributed by atoms with Crippen LogP contribution in [0.3, 0.4) is 0 Å². The Morgan fingerprint density at radius 3 is 2.62 bits per heavy atom. The topological polar surface area (TPSA) is 84.2 Å². The number of rotatable bonds is 3. The van der Waals surface area contributed by atoms with Gasteiger partial charge in [0.1, 0.15) is 0 Å². The molecular formula is C10H13N3O2S. The molecule has 0 bridgehead atoms. The first-order chi connectivity index (χ1) is 7.47. The zero-order chi connectivity index (χ0) is 11.8. The molecule has 5 nitrogen and oxygen atoms in total. The van der Waals surface area contributed by atoms with Gasteiger partial charge in [-0.2, -0.15) is 0 Å². The van der Waals surface area contributed by atoms with Gasteiger partial charge in [0.15, 0.2) is 0 Å². The van der Waals surface area contributed by atoms with Crippen LogP contribution in [0.15, 0.2) is 30.0 Å². The van der Waals surface area contributed by atoms with Crippen LogP contribution >= 0.6 is 0 Å². The summed E-state index contributed by atoms with van der Waals surface area (Å²) < 4.78 is 21.9. The van der Waals surface area contributed by atoms with E-state index < -0.39 is 10.0 Å². The third-order valence-electron chi connectivity index (χ3n) is 2.39. The maximum Gasteiger partial charge on any atom is 0.225 e. The molecule has 0 fully saturated rings. The van der Waals surface area contributed by atoms with Crippen molar-refractivity contribution in [1.82, 2.24) is 10.3 Å². The minimum atomic E-state index is -3.27. The molecule has 0 saturated carbocycles. The molecule has 1 aromatic carbocycles. The fourth-order valence-corrected chi connectivity index (χ4v) is 1.96. The molecule has 6 heteroatoms. The van der Waals surface area contributed by atoms with Crippen molar-refractivity contribution in [3.05, 3.63) is 41.1 Å². The zero-order valence-corrected chi connectivity index (χ0v) is 9.64. The van der Waals surface area contributed by atoms with Gasteiger partial charge in [0.2, 0.25) is 10.0 Å². The minimum absolute atomic E-state index is 0.590. The molecule has 0 heterocycles. The molecule has 2 rings (SSSR count). The van der Waals surface area contributed by atoms with E-state index in [9.17, 15) is 8.42 Å². The van der Waals surface area contributed by atoms with Crippen molar-refractivity contribution in [3.63, 3.8) is 0 Å². The molecule has 0 atom stereocenters. The molecule has 1 aliphatic carbocycles. The number of sulfonamides is 1. The molecule has 16 heavy (non-hydrogen) atoms. The predicted molar refractivity (Wildman–Crippen MR) is 62.4 cm³/mol. The number of allylic oxidation sites excluding steroid dienone is 1. The van der Waals surface area contributed by atoms with Gasteiger partial charge >= 0.3 is 0 Å². The van der Waals surface area contributed by atoms with Crippen molar-refractivity contribution in [2.24, 2.45) is 5.73 Å². The highest BCUT2D eigenvalue weighted by atomic mass is 32.2. The molecule has 0 spiro atoms. The maximum absolute atomic E-state index is 10.9. The van der Waals surface area contributed by atoms with Crippen LogP contribution in [0.1, 0.15) is 11.1 Å². The molecule has 0 aromatic heterocycles. The molecule has 0 radical (unpaired) electrons. The summed E-state index contributed by atoms with van der Waals surface area (Å²) in [5.74, 6) is 0. The number of benzene rings is 1. The van der Waals surface area contributed by atoms with Gasteiger partial charge in [-0.05, 0) is 5.56 Å². The van der Waals surface area contributed by atoms with Crippen LogP contribution in [-0.4, -0.2) is 14.7 Å². The summed E-state index contributed by atoms with van der Waals surface area (Å²) in [5.41, 5.74) is 11.9. The van der Waals surface area contributed by atoms with E-state index in [1.165, 1.54) is 0 Å². The summed E-state index contributed by atoms with van der Waals surface area (Å²) in [7, 11) is -3.27. The Balaban J connectivity index is 2.19. The van der Waals surface area contributed by atoms with Gasteiger partial charge in [-0.3, -0.25) is 0 Å². The number of nitrogens with two attached hydrogens (primary N) is 1. The average Bonchev–Trinajstić information content (AvgIpc) is 2.53. The maximum atomic E-state index is 10.9. The summed E-state index contributed by atoms with van der Waals surface area (Å²) in [5, 5.41) is 0. The van der Waals surface area contributed by atoms with Crippen LogP contribution in [0.4, 0.5) is 0 Å². The van der Waals surface area contributed by atoms with Gasteiger partial charge in [-0.15, -0.1) is 4.83 Å². The summed E-state index contributed by atoms with van der Waals surface area (Å²) in [4.78, 5) is 2.21. The van der Waals surface area contributed by atoms with Gasteiger partial charge in [-0.1, -0.05) is 24.3 Å². The number of nitrogens with one attached hydrogen (secondary N) is 2. The Bertz CT molecular complexity index is 549. The number of fused-ring (bicyclic) bond motifs is 1. The Morgan fingerprint density at radius 1 is 1.31 bits per heavy atom. The lowest BCUT2D eigenvalue weighted by Crippen LogP contribution is -2.36. The van der Waals surface area contributed by atoms with Gasteiger partial charge < -0.3 is 11.2 Å². The van der Waals surface area contributed by atoms with E-state index in [0.29, 0.717) is 17.8 Å². The van der Waals surface area contributed by atoms with Crippen molar-refractivity contribution >= 4 is 15.7 Å². The van der Waals surface area contributed by atoms with Crippen molar-refractivity contribution in [2.45, 2.75) is 6.42 Å². The predicted octanol–water partition coefficient (Wildman–Crippen LogP) is -0.0762. The van der Waals surface area contributed by atoms with Gasteiger partial charge in [0.05, 0.1) is 17.6 Å². The van der Waals surface area contributed by atoms with Crippen LogP contribution in [0.2, 0.25) is 0 Å². The first-order valence-electron chi connectivity index (χ1n) is 4.77. The summed E-state index contributed by atoms with van der Waals surface area (Å²) >= 11 is 0. The minimum Gasteiger partial charge on any atom is -0.397 e. The van der Waals surface area contributed by atoms with Gasteiger partial charge in [0.25, 0.3) is 0 Å². The fraction of sp³-hybridized carbons (Fsp3) is 0.200. The standard InChI is InChI=1S/C10H13N3O2S/c1-16(14,15)13-12-9-6-7-4-2-3-5-8(7)10(9)11/h2-5,12-13H,6,11H2,1H3. The quantitative estimate of drug-likeness (QED) is 0.644. The van der Waals surface area contributed by atoms with Crippen LogP contribution in [0, 0.1) is 0 Å². The van der Waals surface area contributed by atoms with Crippen molar-refractivity contribution in [1.29, 1.82) is 0 Å². The molecule has 1 aliphatic rings. The number of hydrogen-bond donors (Lipinski definition) is 3. The van der Waals surface area contributed by atoms with Crippen LogP contribution in [-0.2, 0) is 16.4 Å². The lowest BCUT2D eigenvalue weighted by molar-refractivity contribution is 0.576. The second kappa shape index (κ2) is 3.80. The normalized spacial score (nSPS) is 15.1. The Labute approximate surface area is 94.4 Å². The van der Waals surface area contributed by atoms with Crippen LogP contribution in [0.25, 0.3) is 5.70 Å². The average molecular weight is 239 g/mol. The van der Waals surface area contributed by atoms with Crippen molar-refractivity contribution in [2.75, 3.05) is 6.26 Å². The number of hydrazine groups is 1. The van der Waals surface area contributed by atoms with Crippen molar-refractivity contribution in [3.8, 4) is 0 Å². The molecule has 4 N–H and O–H groups in total. The summed E-state index contributed by atoms with van der Waals surface area (Å²) in [6.07, 6.45) is 1.70. The molecule has 0 unspecified atom stereocenters. The van der Waals surface area contributed by atoms with E-state index in [4.69, 9.17) is 5.73 Å². The molecule has 1 aromatic rings. The second-order valence-corrected chi connectivity index (χ2v) is 5.47. The highest BCUT2D eigenvalue weighted by Gasteiger charge is 2.19. The van der Waals surface area contributed by atoms with E-state index in [-0.39, 0.29) is 0 Å². The molecule has 0 aliphatic heterocycles. The summed E-state index contributed by atoms with van der Waals surface area (Å²) in [6, 6.07) is 7.72. The smallest absolute Gasteiger partial charge is 0.225 e. The van der Waals surface area contributed by atoms with E-state index in [0.717, 1.165) is 17.4 Å². The number of hydrogen-bond acceptors (Lipinski definition) is 4.